The number of benzene rings is 4. The van der Waals surface area contributed by atoms with Gasteiger partial charge in [-0.05, 0) is 51.8 Å². The molecular formula is C28H27. The number of rotatable bonds is 6. The molecular weight excluding hydrogens is 336 g/mol. The van der Waals surface area contributed by atoms with Crippen LogP contribution in [0.15, 0.2) is 97.1 Å². The van der Waals surface area contributed by atoms with Crippen LogP contribution >= 0.6 is 0 Å². The summed E-state index contributed by atoms with van der Waals surface area (Å²) in [4.78, 5) is 0. The van der Waals surface area contributed by atoms with Gasteiger partial charge in [0.1, 0.15) is 0 Å². The Hall–Kier alpha value is -2.86. The maximum atomic E-state index is 2.35. The fourth-order valence-electron chi connectivity index (χ4n) is 4.01. The first-order valence-electron chi connectivity index (χ1n) is 10.2. The number of hydrogen-bond acceptors (Lipinski definition) is 0. The molecule has 0 spiro atoms. The van der Waals surface area contributed by atoms with Crippen LogP contribution in [0, 0.1) is 5.92 Å². The molecule has 28 heavy (non-hydrogen) atoms. The summed E-state index contributed by atoms with van der Waals surface area (Å²) in [6.45, 7) is 4.57. The van der Waals surface area contributed by atoms with Crippen molar-refractivity contribution in [2.45, 2.75) is 32.6 Å². The van der Waals surface area contributed by atoms with E-state index >= 15 is 0 Å². The lowest BCUT2D eigenvalue weighted by Crippen LogP contribution is -2.11. The summed E-state index contributed by atoms with van der Waals surface area (Å²) in [5.74, 6) is 2.00. The molecule has 0 amide bonds. The molecule has 1 radical (unpaired) electrons. The minimum atomic E-state index is 0.513. The Morgan fingerprint density at radius 2 is 1.25 bits per heavy atom. The summed E-state index contributed by atoms with van der Waals surface area (Å²) >= 11 is 0. The van der Waals surface area contributed by atoms with Gasteiger partial charge in [0.05, 0.1) is 0 Å². The van der Waals surface area contributed by atoms with Crippen LogP contribution in [-0.4, -0.2) is 0 Å². The number of fused-ring (bicyclic) bond motifs is 1. The van der Waals surface area contributed by atoms with Gasteiger partial charge < -0.3 is 0 Å². The zero-order valence-electron chi connectivity index (χ0n) is 16.7. The minimum absolute atomic E-state index is 0.513. The Balaban J connectivity index is 1.72. The van der Waals surface area contributed by atoms with Crippen LogP contribution in [0.5, 0.6) is 0 Å². The van der Waals surface area contributed by atoms with E-state index in [1.54, 1.807) is 0 Å². The second kappa shape index (κ2) is 8.44. The normalized spacial score (nSPS) is 11.4. The van der Waals surface area contributed by atoms with E-state index in [2.05, 4.69) is 111 Å². The topological polar surface area (TPSA) is 0 Å². The highest BCUT2D eigenvalue weighted by atomic mass is 14.2. The molecule has 0 aliphatic heterocycles. The van der Waals surface area contributed by atoms with Crippen LogP contribution in [0.2, 0.25) is 0 Å². The van der Waals surface area contributed by atoms with Crippen LogP contribution in [-0.2, 0) is 12.8 Å². The van der Waals surface area contributed by atoms with E-state index < -0.39 is 0 Å². The average molecular weight is 364 g/mol. The van der Waals surface area contributed by atoms with Gasteiger partial charge in [0.2, 0.25) is 0 Å². The molecule has 0 aliphatic rings. The zero-order valence-corrected chi connectivity index (χ0v) is 16.7. The van der Waals surface area contributed by atoms with Crippen LogP contribution in [0.25, 0.3) is 10.8 Å². The molecule has 139 valence electrons. The predicted molar refractivity (Wildman–Crippen MR) is 121 cm³/mol. The lowest BCUT2D eigenvalue weighted by atomic mass is 9.81. The van der Waals surface area contributed by atoms with E-state index in [1.165, 1.54) is 38.9 Å². The average Bonchev–Trinajstić information content (AvgIpc) is 2.74. The van der Waals surface area contributed by atoms with Crippen molar-refractivity contribution in [2.24, 2.45) is 0 Å². The highest BCUT2D eigenvalue weighted by molar-refractivity contribution is 5.83. The Labute approximate surface area is 168 Å². The van der Waals surface area contributed by atoms with Gasteiger partial charge in [-0.2, -0.15) is 0 Å². The molecule has 0 heterocycles. The first-order valence-corrected chi connectivity index (χ1v) is 10.2. The van der Waals surface area contributed by atoms with Crippen molar-refractivity contribution in [2.75, 3.05) is 0 Å². The lowest BCUT2D eigenvalue weighted by molar-refractivity contribution is 0.820. The lowest BCUT2D eigenvalue weighted by Gasteiger charge is -2.22. The molecule has 0 heteroatoms. The Bertz CT molecular complexity index is 1040. The molecule has 0 nitrogen and oxygen atoms in total. The first-order chi connectivity index (χ1) is 13.7. The molecule has 0 bridgehead atoms. The third-order valence-corrected chi connectivity index (χ3v) is 5.46. The van der Waals surface area contributed by atoms with Crippen molar-refractivity contribution < 1.29 is 0 Å². The van der Waals surface area contributed by atoms with Crippen LogP contribution < -0.4 is 0 Å². The molecule has 0 aliphatic carbocycles. The van der Waals surface area contributed by atoms with Gasteiger partial charge in [0.25, 0.3) is 0 Å². The molecule has 0 unspecified atom stereocenters. The summed E-state index contributed by atoms with van der Waals surface area (Å²) in [6.07, 6.45) is 1.96. The van der Waals surface area contributed by atoms with Crippen molar-refractivity contribution in [3.05, 3.63) is 125 Å². The molecule has 0 N–H and O–H groups in total. The fraction of sp³-hybridized carbons (Fsp3) is 0.179. The summed E-state index contributed by atoms with van der Waals surface area (Å²) < 4.78 is 0. The van der Waals surface area contributed by atoms with Gasteiger partial charge in [-0.25, -0.2) is 0 Å². The SMILES string of the molecule is CC(C)c1ccccc1[C](Cc1ccccc1)Cc1ccc2ccccc2c1. The minimum Gasteiger partial charge on any atom is -0.0622 e. The molecule has 4 rings (SSSR count). The van der Waals surface area contributed by atoms with E-state index in [0.717, 1.165) is 12.8 Å². The maximum absolute atomic E-state index is 2.35. The van der Waals surface area contributed by atoms with Crippen molar-refractivity contribution in [1.29, 1.82) is 0 Å². The predicted octanol–water partition coefficient (Wildman–Crippen LogP) is 7.37. The van der Waals surface area contributed by atoms with Gasteiger partial charge >= 0.3 is 0 Å². The Morgan fingerprint density at radius 3 is 2.04 bits per heavy atom. The molecule has 0 fully saturated rings. The van der Waals surface area contributed by atoms with Gasteiger partial charge in [-0.15, -0.1) is 0 Å². The van der Waals surface area contributed by atoms with Gasteiger partial charge in [-0.1, -0.05) is 111 Å². The maximum Gasteiger partial charge on any atom is 0.0140 e. The van der Waals surface area contributed by atoms with Crippen molar-refractivity contribution >= 4 is 10.8 Å². The largest absolute Gasteiger partial charge is 0.0622 e. The second-order valence-electron chi connectivity index (χ2n) is 7.87. The van der Waals surface area contributed by atoms with Gasteiger partial charge in [0.15, 0.2) is 0 Å². The molecule has 0 saturated heterocycles. The highest BCUT2D eigenvalue weighted by Gasteiger charge is 2.19. The van der Waals surface area contributed by atoms with E-state index in [4.69, 9.17) is 0 Å². The van der Waals surface area contributed by atoms with Crippen molar-refractivity contribution in [3.8, 4) is 0 Å². The first kappa shape index (κ1) is 18.5. The van der Waals surface area contributed by atoms with Crippen molar-refractivity contribution in [3.63, 3.8) is 0 Å². The summed E-state index contributed by atoms with van der Waals surface area (Å²) in [7, 11) is 0. The molecule has 4 aromatic rings. The second-order valence-corrected chi connectivity index (χ2v) is 7.87. The van der Waals surface area contributed by atoms with Crippen LogP contribution in [0.1, 0.15) is 42.0 Å². The third kappa shape index (κ3) is 4.17. The van der Waals surface area contributed by atoms with Crippen molar-refractivity contribution in [1.82, 2.24) is 0 Å². The monoisotopic (exact) mass is 363 g/mol. The standard InChI is InChI=1S/C28H27/c1-21(2)27-14-8-9-15-28(27)26(18-22-10-4-3-5-11-22)20-23-16-17-24-12-6-7-13-25(24)19-23/h3-17,19,21H,18,20H2,1-2H3. The van der Waals surface area contributed by atoms with E-state index in [-0.39, 0.29) is 0 Å². The molecule has 0 atom stereocenters. The van der Waals surface area contributed by atoms with Crippen LogP contribution in [0.4, 0.5) is 0 Å². The third-order valence-electron chi connectivity index (χ3n) is 5.46. The highest BCUT2D eigenvalue weighted by Crippen LogP contribution is 2.31. The molecule has 4 aromatic carbocycles. The summed E-state index contributed by atoms with van der Waals surface area (Å²) in [6, 6.07) is 35.2. The Morgan fingerprint density at radius 1 is 0.607 bits per heavy atom. The summed E-state index contributed by atoms with van der Waals surface area (Å²) in [5.41, 5.74) is 5.60. The van der Waals surface area contributed by atoms with Gasteiger partial charge in [-0.3, -0.25) is 0 Å². The summed E-state index contributed by atoms with van der Waals surface area (Å²) in [5, 5.41) is 2.62. The fourth-order valence-corrected chi connectivity index (χ4v) is 4.01. The quantitative estimate of drug-likeness (QED) is 0.335. The van der Waals surface area contributed by atoms with E-state index in [9.17, 15) is 0 Å². The Kier molecular flexibility index (Phi) is 5.58. The molecule has 0 aromatic heterocycles. The van der Waals surface area contributed by atoms with E-state index in [1.807, 2.05) is 0 Å². The zero-order chi connectivity index (χ0) is 19.3. The van der Waals surface area contributed by atoms with Gasteiger partial charge in [0, 0.05) is 5.92 Å². The number of hydrogen-bond donors (Lipinski definition) is 0. The van der Waals surface area contributed by atoms with E-state index in [0.29, 0.717) is 5.92 Å². The smallest absolute Gasteiger partial charge is 0.0140 e. The molecule has 0 saturated carbocycles. The van der Waals surface area contributed by atoms with Crippen LogP contribution in [0.3, 0.4) is 0 Å².